The maximum atomic E-state index is 5.47. The molecule has 1 unspecified atom stereocenters. The van der Waals surface area contributed by atoms with Gasteiger partial charge >= 0.3 is 0 Å². The van der Waals surface area contributed by atoms with Crippen LogP contribution in [0.5, 0.6) is 0 Å². The molecule has 6 aliphatic rings. The van der Waals surface area contributed by atoms with E-state index in [0.717, 1.165) is 87.0 Å². The van der Waals surface area contributed by atoms with Gasteiger partial charge in [-0.25, -0.2) is 15.0 Å². The highest BCUT2D eigenvalue weighted by molar-refractivity contribution is 5.87. The van der Waals surface area contributed by atoms with E-state index in [2.05, 4.69) is 106 Å². The van der Waals surface area contributed by atoms with Crippen LogP contribution in [-0.2, 0) is 12.8 Å². The largest absolute Gasteiger partial charge is 0.293 e. The zero-order valence-electron chi connectivity index (χ0n) is 27.3. The summed E-state index contributed by atoms with van der Waals surface area (Å²) >= 11 is 0. The van der Waals surface area contributed by atoms with Gasteiger partial charge in [-0.2, -0.15) is 0 Å². The Morgan fingerprint density at radius 1 is 0.667 bits per heavy atom. The van der Waals surface area contributed by atoms with Crippen molar-refractivity contribution in [3.63, 3.8) is 0 Å². The Bertz CT molecular complexity index is 2320. The molecule has 1 aromatic carbocycles. The number of allylic oxidation sites excluding steroid dienone is 16. The molecule has 5 nitrogen and oxygen atoms in total. The van der Waals surface area contributed by atoms with E-state index < -0.39 is 0 Å². The van der Waals surface area contributed by atoms with Crippen molar-refractivity contribution >= 4 is 45.7 Å². The van der Waals surface area contributed by atoms with Crippen molar-refractivity contribution in [2.75, 3.05) is 0 Å². The Kier molecular flexibility index (Phi) is 6.60. The number of rotatable bonds is 4. The topological polar surface area (TPSA) is 48.0 Å². The molecule has 0 N–H and O–H groups in total. The van der Waals surface area contributed by atoms with E-state index in [-0.39, 0.29) is 0 Å². The van der Waals surface area contributed by atoms with Gasteiger partial charge < -0.3 is 0 Å². The summed E-state index contributed by atoms with van der Waals surface area (Å²) in [6.45, 7) is 0. The average Bonchev–Trinajstić information content (AvgIpc) is 3.74. The first kappa shape index (κ1) is 28.0. The Morgan fingerprint density at radius 2 is 1.56 bits per heavy atom. The van der Waals surface area contributed by atoms with Crippen LogP contribution in [0.1, 0.15) is 92.1 Å². The fourth-order valence-electron chi connectivity index (χ4n) is 8.60. The molecule has 0 bridgehead atoms. The predicted molar refractivity (Wildman–Crippen MR) is 197 cm³/mol. The molecule has 48 heavy (non-hydrogen) atoms. The van der Waals surface area contributed by atoms with Crippen LogP contribution in [0.15, 0.2) is 102 Å². The second-order valence-corrected chi connectivity index (χ2v) is 14.0. The normalized spacial score (nSPS) is 21.5. The molecule has 0 radical (unpaired) electrons. The molecule has 3 heterocycles. The fourth-order valence-corrected chi connectivity index (χ4v) is 8.60. The fraction of sp³-hybridized carbons (Fsp3) is 0.279. The van der Waals surface area contributed by atoms with Gasteiger partial charge in [-0.05, 0) is 135 Å². The van der Waals surface area contributed by atoms with E-state index in [1.165, 1.54) is 68.1 Å². The van der Waals surface area contributed by atoms with Crippen molar-refractivity contribution in [2.45, 2.75) is 70.6 Å². The standard InChI is InChI=1S/C43H39N5/c1-2-12-34(13-3-1)47-39-16-8-6-14-37(39)45-41(47)30-21-18-29(19-22-30)32-24-25-36-35(27-32)43-46-38-15-7-9-17-40(38)48(43)42(44-36)33-23-20-28-10-4-5-11-31(28)26-33/h2,4-6,8-9,11-14,16-18,21,26-28H,1,3,7,10,15,19-20,22-25H2. The zero-order chi connectivity index (χ0) is 31.6. The van der Waals surface area contributed by atoms with Gasteiger partial charge in [0.1, 0.15) is 17.3 Å². The van der Waals surface area contributed by atoms with Gasteiger partial charge in [0.15, 0.2) is 0 Å². The summed E-state index contributed by atoms with van der Waals surface area (Å²) in [7, 11) is 0. The molecule has 3 aromatic heterocycles. The number of aryl methyl sites for hydroxylation is 2. The van der Waals surface area contributed by atoms with Crippen LogP contribution in [0.4, 0.5) is 0 Å². The summed E-state index contributed by atoms with van der Waals surface area (Å²) < 4.78 is 4.75. The molecule has 236 valence electrons. The van der Waals surface area contributed by atoms with E-state index in [9.17, 15) is 0 Å². The second-order valence-electron chi connectivity index (χ2n) is 14.0. The highest BCUT2D eigenvalue weighted by atomic mass is 15.1. The maximum absolute atomic E-state index is 5.47. The quantitative estimate of drug-likeness (QED) is 0.227. The molecule has 10 rings (SSSR count). The third-order valence-corrected chi connectivity index (χ3v) is 11.1. The smallest absolute Gasteiger partial charge is 0.148 e. The Balaban J connectivity index is 1.05. The van der Waals surface area contributed by atoms with Crippen LogP contribution in [0.3, 0.4) is 0 Å². The molecular formula is C43H39N5. The van der Waals surface area contributed by atoms with Crippen molar-refractivity contribution in [1.29, 1.82) is 0 Å². The third kappa shape index (κ3) is 4.55. The molecule has 1 atom stereocenters. The first-order valence-corrected chi connectivity index (χ1v) is 17.9. The second kappa shape index (κ2) is 11.3. The van der Waals surface area contributed by atoms with Gasteiger partial charge in [0.2, 0.25) is 0 Å². The Hall–Kier alpha value is -5.03. The van der Waals surface area contributed by atoms with Crippen LogP contribution in [0, 0.1) is 5.92 Å². The molecule has 5 heteroatoms. The van der Waals surface area contributed by atoms with Crippen LogP contribution in [-0.4, -0.2) is 23.9 Å². The van der Waals surface area contributed by atoms with E-state index in [4.69, 9.17) is 15.0 Å². The molecule has 0 saturated heterocycles. The number of fused-ring (bicyclic) bond motifs is 7. The highest BCUT2D eigenvalue weighted by Crippen LogP contribution is 2.41. The predicted octanol–water partition coefficient (Wildman–Crippen LogP) is 10.0. The Morgan fingerprint density at radius 3 is 2.48 bits per heavy atom. The molecule has 0 spiro atoms. The monoisotopic (exact) mass is 625 g/mol. The summed E-state index contributed by atoms with van der Waals surface area (Å²) in [4.78, 5) is 16.0. The Labute approximate surface area is 281 Å². The first-order valence-electron chi connectivity index (χ1n) is 17.9. The van der Waals surface area contributed by atoms with Crippen molar-refractivity contribution in [2.24, 2.45) is 5.92 Å². The lowest BCUT2D eigenvalue weighted by Gasteiger charge is -2.27. The lowest BCUT2D eigenvalue weighted by atomic mass is 9.80. The lowest BCUT2D eigenvalue weighted by Crippen LogP contribution is -2.15. The summed E-state index contributed by atoms with van der Waals surface area (Å²) in [5, 5.41) is 0. The number of imidazole rings is 2. The molecule has 6 aliphatic carbocycles. The van der Waals surface area contributed by atoms with Gasteiger partial charge in [0.05, 0.1) is 28.1 Å². The maximum Gasteiger partial charge on any atom is 0.148 e. The number of nitrogens with zero attached hydrogens (tertiary/aromatic N) is 5. The van der Waals surface area contributed by atoms with Gasteiger partial charge in [0.25, 0.3) is 0 Å². The van der Waals surface area contributed by atoms with Crippen LogP contribution in [0.2, 0.25) is 0 Å². The summed E-state index contributed by atoms with van der Waals surface area (Å²) in [5.41, 5.74) is 16.4. The zero-order valence-corrected chi connectivity index (χ0v) is 27.3. The van der Waals surface area contributed by atoms with Gasteiger partial charge in [0, 0.05) is 11.3 Å². The molecule has 4 aromatic rings. The summed E-state index contributed by atoms with van der Waals surface area (Å²) in [6, 6.07) is 8.53. The van der Waals surface area contributed by atoms with Gasteiger partial charge in [-0.1, -0.05) is 66.8 Å². The molecule has 0 fully saturated rings. The van der Waals surface area contributed by atoms with Gasteiger partial charge in [-0.3, -0.25) is 8.97 Å². The minimum Gasteiger partial charge on any atom is -0.293 e. The molecular weight excluding hydrogens is 587 g/mol. The van der Waals surface area contributed by atoms with E-state index in [1.54, 1.807) is 0 Å². The molecule has 0 aliphatic heterocycles. The third-order valence-electron chi connectivity index (χ3n) is 11.1. The SMILES string of the molecule is C1=CCC2CCC(c3nc4c(c5nc6c(n35)C=CCC6)C=C(C3=CC=C(c5nc6ccccc6n5C5=CCCC=C5)CC3)CC4)=CC2=C1. The van der Waals surface area contributed by atoms with Crippen LogP contribution in [0.25, 0.3) is 45.7 Å². The minimum absolute atomic E-state index is 0.646. The van der Waals surface area contributed by atoms with E-state index >= 15 is 0 Å². The van der Waals surface area contributed by atoms with Gasteiger partial charge in [-0.15, -0.1) is 0 Å². The van der Waals surface area contributed by atoms with Crippen molar-refractivity contribution in [3.8, 4) is 0 Å². The number of para-hydroxylation sites is 2. The first-order chi connectivity index (χ1) is 23.8. The van der Waals surface area contributed by atoms with Crippen molar-refractivity contribution in [3.05, 3.63) is 136 Å². The number of aromatic nitrogens is 5. The van der Waals surface area contributed by atoms with Crippen molar-refractivity contribution in [1.82, 2.24) is 23.9 Å². The van der Waals surface area contributed by atoms with Crippen LogP contribution < -0.4 is 0 Å². The number of hydrogen-bond acceptors (Lipinski definition) is 3. The molecule has 0 amide bonds. The summed E-state index contributed by atoms with van der Waals surface area (Å²) in [6.07, 6.45) is 39.4. The summed E-state index contributed by atoms with van der Waals surface area (Å²) in [5.74, 6) is 2.82. The molecule has 0 saturated carbocycles. The lowest BCUT2D eigenvalue weighted by molar-refractivity contribution is 0.570. The minimum atomic E-state index is 0.646. The van der Waals surface area contributed by atoms with E-state index in [1.807, 2.05) is 0 Å². The van der Waals surface area contributed by atoms with E-state index in [0.29, 0.717) is 5.92 Å². The van der Waals surface area contributed by atoms with Crippen LogP contribution >= 0.6 is 0 Å². The van der Waals surface area contributed by atoms with Crippen molar-refractivity contribution < 1.29 is 0 Å². The number of benzene rings is 1. The highest BCUT2D eigenvalue weighted by Gasteiger charge is 2.28. The average molecular weight is 626 g/mol. The number of hydrogen-bond donors (Lipinski definition) is 0.